The van der Waals surface area contributed by atoms with Crippen LogP contribution in [0.15, 0.2) is 42.5 Å². The molecule has 0 saturated carbocycles. The van der Waals surface area contributed by atoms with E-state index >= 15 is 0 Å². The van der Waals surface area contributed by atoms with E-state index in [0.29, 0.717) is 5.56 Å². The molecule has 0 bridgehead atoms. The fourth-order valence-electron chi connectivity index (χ4n) is 4.20. The number of benzene rings is 2. The summed E-state index contributed by atoms with van der Waals surface area (Å²) in [6, 6.07) is 7.09. The van der Waals surface area contributed by atoms with Crippen molar-refractivity contribution < 1.29 is 28.0 Å². The Labute approximate surface area is 222 Å². The van der Waals surface area contributed by atoms with Crippen molar-refractivity contribution in [2.45, 2.75) is 35.5 Å². The summed E-state index contributed by atoms with van der Waals surface area (Å²) in [5.41, 5.74) is -0.140. The summed E-state index contributed by atoms with van der Waals surface area (Å²) in [5.74, 6) is -8.21. The summed E-state index contributed by atoms with van der Waals surface area (Å²) >= 11 is 5.71. The maximum atomic E-state index is 14.7. The van der Waals surface area contributed by atoms with E-state index in [1.807, 2.05) is 5.32 Å². The highest BCUT2D eigenvalue weighted by molar-refractivity contribution is 6.54. The van der Waals surface area contributed by atoms with Gasteiger partial charge in [0.05, 0.1) is 31.4 Å². The molecule has 0 aromatic heterocycles. The molecule has 2 heterocycles. The first kappa shape index (κ1) is 27.0. The predicted octanol–water partition coefficient (Wildman–Crippen LogP) is 0.316. The highest BCUT2D eigenvalue weighted by Gasteiger charge is 2.48. The monoisotopic (exact) mass is 511 g/mol. The topological polar surface area (TPSA) is 86.8 Å². The second-order valence-electron chi connectivity index (χ2n) is 8.98. The highest BCUT2D eigenvalue weighted by atomic mass is 35.5. The molecule has 2 aromatic rings. The summed E-state index contributed by atoms with van der Waals surface area (Å²) in [4.78, 5) is 51.4. The lowest BCUT2D eigenvalue weighted by Crippen LogP contribution is -2.59. The minimum absolute atomic E-state index is 0.00116. The number of hydrogen-bond donors (Lipinski definition) is 1. The van der Waals surface area contributed by atoms with Gasteiger partial charge < -0.3 is 15.0 Å². The van der Waals surface area contributed by atoms with Gasteiger partial charge in [-0.25, -0.2) is 0 Å². The predicted molar refractivity (Wildman–Crippen MR) is 133 cm³/mol. The number of nitrogens with one attached hydrogen (secondary N) is 1. The van der Waals surface area contributed by atoms with Crippen LogP contribution in [-0.2, 0) is 32.2 Å². The summed E-state index contributed by atoms with van der Waals surface area (Å²) in [6.45, 7) is -0.151. The Bertz CT molecular complexity index is 1330. The van der Waals surface area contributed by atoms with Crippen LogP contribution in [0.25, 0.3) is 0 Å². The van der Waals surface area contributed by atoms with Crippen molar-refractivity contribution in [1.29, 1.82) is 0 Å². The van der Waals surface area contributed by atoms with Gasteiger partial charge in [-0.05, 0) is 46.3 Å². The van der Waals surface area contributed by atoms with Crippen LogP contribution in [0.1, 0.15) is 33.5 Å². The SMILES string of the molecule is [B]N1C(=O)C(N2Cc3cc(C([B])([B])NC(=O)C(F)(F)c4ccc(Cl)cc4)ccc3C2=O)CC([B])([B])C1=O. The minimum Gasteiger partial charge on any atom is -0.358 e. The average Bonchev–Trinajstić information content (AvgIpc) is 3.16. The molecular weight excluding hydrogens is 498 g/mol. The third kappa shape index (κ3) is 4.71. The van der Waals surface area contributed by atoms with E-state index in [1.54, 1.807) is 0 Å². The van der Waals surface area contributed by atoms with E-state index in [0.717, 1.165) is 17.0 Å². The van der Waals surface area contributed by atoms with Gasteiger partial charge in [0.2, 0.25) is 19.8 Å². The van der Waals surface area contributed by atoms with Crippen LogP contribution in [0.4, 0.5) is 8.78 Å². The quantitative estimate of drug-likeness (QED) is 0.464. The number of alkyl halides is 2. The Morgan fingerprint density at radius 1 is 1.05 bits per heavy atom. The van der Waals surface area contributed by atoms with E-state index in [2.05, 4.69) is 0 Å². The molecule has 1 unspecified atom stereocenters. The molecule has 4 amide bonds. The largest absolute Gasteiger partial charge is 0.358 e. The third-order valence-corrected chi connectivity index (χ3v) is 6.53. The molecule has 2 aliphatic heterocycles. The second-order valence-corrected chi connectivity index (χ2v) is 9.42. The van der Waals surface area contributed by atoms with E-state index in [9.17, 15) is 28.0 Å². The second kappa shape index (κ2) is 9.08. The molecule has 15 heteroatoms. The number of halogens is 3. The highest BCUT2D eigenvalue weighted by Crippen LogP contribution is 2.37. The Balaban J connectivity index is 1.56. The van der Waals surface area contributed by atoms with Crippen LogP contribution in [0.5, 0.6) is 0 Å². The van der Waals surface area contributed by atoms with Crippen molar-refractivity contribution in [1.82, 2.24) is 15.0 Å². The fraction of sp³-hybridized carbons (Fsp3) is 0.273. The first-order chi connectivity index (χ1) is 17.1. The lowest BCUT2D eigenvalue weighted by molar-refractivity contribution is -0.148. The number of carbonyl (C=O) groups is 4. The van der Waals surface area contributed by atoms with Gasteiger partial charge in [-0.3, -0.25) is 19.2 Å². The van der Waals surface area contributed by atoms with Gasteiger partial charge in [-0.15, -0.1) is 0 Å². The fourth-order valence-corrected chi connectivity index (χ4v) is 4.33. The number of amides is 4. The number of rotatable bonds is 5. The molecule has 0 aliphatic carbocycles. The first-order valence-corrected chi connectivity index (χ1v) is 11.1. The molecule has 7 nitrogen and oxygen atoms in total. The average molecular weight is 511 g/mol. The van der Waals surface area contributed by atoms with Crippen LogP contribution >= 0.6 is 11.6 Å². The number of piperidine rings is 1. The molecule has 2 aliphatic rings. The molecule has 2 aromatic carbocycles. The lowest BCUT2D eigenvalue weighted by Gasteiger charge is -2.42. The molecule has 176 valence electrons. The van der Waals surface area contributed by atoms with Gasteiger partial charge in [0.25, 0.3) is 11.8 Å². The van der Waals surface area contributed by atoms with Gasteiger partial charge in [0.15, 0.2) is 0 Å². The number of fused-ring (bicyclic) bond motifs is 1. The molecule has 4 rings (SSSR count). The normalized spacial score (nSPS) is 19.6. The van der Waals surface area contributed by atoms with Crippen molar-refractivity contribution in [3.05, 3.63) is 69.7 Å². The van der Waals surface area contributed by atoms with Crippen LogP contribution in [0.2, 0.25) is 10.2 Å². The number of hydrogen-bond acceptors (Lipinski definition) is 4. The first-order valence-electron chi connectivity index (χ1n) is 10.8. The van der Waals surface area contributed by atoms with E-state index in [4.69, 9.17) is 51.0 Å². The molecule has 1 N–H and O–H groups in total. The van der Waals surface area contributed by atoms with Crippen molar-refractivity contribution >= 4 is 74.6 Å². The van der Waals surface area contributed by atoms with E-state index in [-0.39, 0.29) is 33.9 Å². The lowest BCUT2D eigenvalue weighted by atomic mass is 9.49. The van der Waals surface area contributed by atoms with Crippen molar-refractivity contribution in [3.8, 4) is 0 Å². The molecule has 1 atom stereocenters. The third-order valence-electron chi connectivity index (χ3n) is 6.27. The van der Waals surface area contributed by atoms with Crippen LogP contribution in [0, 0.1) is 0 Å². The molecular formula is C22H13B5ClF2N3O4. The summed E-state index contributed by atoms with van der Waals surface area (Å²) in [6.07, 6.45) is -0.376. The van der Waals surface area contributed by atoms with E-state index in [1.165, 1.54) is 30.3 Å². The minimum atomic E-state index is -3.98. The maximum Gasteiger partial charge on any atom is 0.349 e. The smallest absolute Gasteiger partial charge is 0.349 e. The van der Waals surface area contributed by atoms with Crippen LogP contribution < -0.4 is 5.32 Å². The zero-order valence-corrected chi connectivity index (χ0v) is 19.8. The van der Waals surface area contributed by atoms with Crippen LogP contribution in [-0.4, -0.2) is 78.7 Å². The standard InChI is InChI=1S/C22H13B5ClF2N3O4/c23-20(24)8-15(17(35)33(27)19(20)37)32-9-10-7-12(3-6-14(10)16(32)34)22(25,26)31-18(36)21(29,30)11-1-4-13(28)5-2-11/h1-7,15H,8-9H2,(H,31,36). The van der Waals surface area contributed by atoms with Crippen molar-refractivity contribution in [2.24, 2.45) is 0 Å². The molecule has 1 saturated heterocycles. The maximum absolute atomic E-state index is 14.7. The Kier molecular flexibility index (Phi) is 6.63. The number of imide groups is 1. The molecule has 1 fully saturated rings. The van der Waals surface area contributed by atoms with Crippen molar-refractivity contribution in [3.63, 3.8) is 0 Å². The Morgan fingerprint density at radius 3 is 2.27 bits per heavy atom. The van der Waals surface area contributed by atoms with Gasteiger partial charge >= 0.3 is 5.92 Å². The van der Waals surface area contributed by atoms with E-state index < -0.39 is 51.7 Å². The molecule has 37 heavy (non-hydrogen) atoms. The van der Waals surface area contributed by atoms with Gasteiger partial charge in [-0.2, -0.15) is 8.78 Å². The zero-order valence-electron chi connectivity index (χ0n) is 19.1. The Hall–Kier alpha value is -3.01. The van der Waals surface area contributed by atoms with Crippen LogP contribution in [0.3, 0.4) is 0 Å². The zero-order chi connectivity index (χ0) is 27.5. The van der Waals surface area contributed by atoms with Crippen molar-refractivity contribution in [2.75, 3.05) is 0 Å². The molecule has 10 radical (unpaired) electrons. The van der Waals surface area contributed by atoms with Gasteiger partial charge in [0, 0.05) is 22.7 Å². The number of carbonyl (C=O) groups excluding carboxylic acids is 4. The Morgan fingerprint density at radius 2 is 1.65 bits per heavy atom. The summed E-state index contributed by atoms with van der Waals surface area (Å²) < 4.78 is 29.4. The summed E-state index contributed by atoms with van der Waals surface area (Å²) in [7, 11) is 29.0. The van der Waals surface area contributed by atoms with Gasteiger partial charge in [0.1, 0.15) is 6.04 Å². The summed E-state index contributed by atoms with van der Waals surface area (Å²) in [5, 5.41) is -2.11. The van der Waals surface area contributed by atoms with Gasteiger partial charge in [-0.1, -0.05) is 35.9 Å². The molecule has 0 spiro atoms. The number of nitrogens with zero attached hydrogens (tertiary/aromatic N) is 2.